The molecule has 3 nitrogen and oxygen atoms in total. The highest BCUT2D eigenvalue weighted by molar-refractivity contribution is 7.99. The van der Waals surface area contributed by atoms with Crippen LogP contribution in [0.15, 0.2) is 0 Å². The molecule has 1 fully saturated rings. The molecule has 0 aromatic carbocycles. The Hall–Kier alpha value is -0.380. The zero-order valence-electron chi connectivity index (χ0n) is 7.43. The predicted molar refractivity (Wildman–Crippen MR) is 52.6 cm³/mol. The zero-order valence-corrected chi connectivity index (χ0v) is 8.25. The van der Waals surface area contributed by atoms with Crippen molar-refractivity contribution < 1.29 is 4.79 Å². The van der Waals surface area contributed by atoms with E-state index in [1.807, 2.05) is 11.8 Å². The number of hydrogen-bond donors (Lipinski definition) is 2. The summed E-state index contributed by atoms with van der Waals surface area (Å²) < 4.78 is 0. The third kappa shape index (κ3) is 3.34. The van der Waals surface area contributed by atoms with E-state index < -0.39 is 0 Å². The zero-order chi connectivity index (χ0) is 8.81. The van der Waals surface area contributed by atoms with Crippen molar-refractivity contribution in [1.29, 1.82) is 0 Å². The van der Waals surface area contributed by atoms with Crippen molar-refractivity contribution in [2.24, 2.45) is 0 Å². The highest BCUT2D eigenvalue weighted by atomic mass is 32.2. The average Bonchev–Trinajstić information content (AvgIpc) is 2.16. The maximum atomic E-state index is 10.8. The van der Waals surface area contributed by atoms with E-state index in [9.17, 15) is 4.79 Å². The molecule has 1 unspecified atom stereocenters. The van der Waals surface area contributed by atoms with Crippen LogP contribution in [0.4, 0.5) is 4.79 Å². The average molecular weight is 188 g/mol. The van der Waals surface area contributed by atoms with Crippen LogP contribution in [0, 0.1) is 0 Å². The summed E-state index contributed by atoms with van der Waals surface area (Å²) in [7, 11) is 1.64. The number of hydrogen-bond acceptors (Lipinski definition) is 2. The number of urea groups is 1. The standard InChI is InChI=1S/C8H16N2OS/c1-9-8(11)10-6-7-4-2-3-5-12-7/h7H,2-6H2,1H3,(H2,9,10,11). The first-order valence-corrected chi connectivity index (χ1v) is 5.45. The molecule has 0 aliphatic carbocycles. The molecule has 2 amide bonds. The molecular formula is C8H16N2OS. The minimum Gasteiger partial charge on any atom is -0.341 e. The number of carbonyl (C=O) groups excluding carboxylic acids is 1. The Balaban J connectivity index is 2.09. The summed E-state index contributed by atoms with van der Waals surface area (Å²) in [6.07, 6.45) is 3.89. The van der Waals surface area contributed by atoms with Crippen LogP contribution in [-0.4, -0.2) is 30.6 Å². The lowest BCUT2D eigenvalue weighted by Gasteiger charge is -2.21. The lowest BCUT2D eigenvalue weighted by molar-refractivity contribution is 0.243. The fraction of sp³-hybridized carbons (Fsp3) is 0.875. The minimum absolute atomic E-state index is 0.0684. The Morgan fingerprint density at radius 1 is 1.58 bits per heavy atom. The second-order valence-electron chi connectivity index (χ2n) is 2.95. The third-order valence-electron chi connectivity index (χ3n) is 1.99. The van der Waals surface area contributed by atoms with Crippen LogP contribution in [0.3, 0.4) is 0 Å². The van der Waals surface area contributed by atoms with Crippen LogP contribution >= 0.6 is 11.8 Å². The first-order valence-electron chi connectivity index (χ1n) is 4.40. The predicted octanol–water partition coefficient (Wildman–Crippen LogP) is 1.20. The number of amides is 2. The number of thioether (sulfide) groups is 1. The van der Waals surface area contributed by atoms with Crippen LogP contribution in [0.2, 0.25) is 0 Å². The van der Waals surface area contributed by atoms with Gasteiger partial charge in [-0.05, 0) is 18.6 Å². The fourth-order valence-corrected chi connectivity index (χ4v) is 2.50. The molecule has 0 aromatic rings. The van der Waals surface area contributed by atoms with Crippen LogP contribution < -0.4 is 10.6 Å². The van der Waals surface area contributed by atoms with E-state index in [1.54, 1.807) is 7.05 Å². The van der Waals surface area contributed by atoms with Gasteiger partial charge in [0.05, 0.1) is 0 Å². The van der Waals surface area contributed by atoms with E-state index in [-0.39, 0.29) is 6.03 Å². The van der Waals surface area contributed by atoms with Crippen molar-refractivity contribution in [3.63, 3.8) is 0 Å². The maximum absolute atomic E-state index is 10.8. The fourth-order valence-electron chi connectivity index (χ4n) is 1.26. The quantitative estimate of drug-likeness (QED) is 0.683. The monoisotopic (exact) mass is 188 g/mol. The molecule has 1 aliphatic heterocycles. The summed E-state index contributed by atoms with van der Waals surface area (Å²) in [6.45, 7) is 0.810. The van der Waals surface area contributed by atoms with Crippen LogP contribution in [-0.2, 0) is 0 Å². The summed E-state index contributed by atoms with van der Waals surface area (Å²) in [6, 6.07) is -0.0684. The van der Waals surface area contributed by atoms with E-state index in [2.05, 4.69) is 10.6 Å². The Labute approximate surface area is 77.7 Å². The lowest BCUT2D eigenvalue weighted by Crippen LogP contribution is -2.37. The molecule has 1 rings (SSSR count). The van der Waals surface area contributed by atoms with Gasteiger partial charge in [-0.25, -0.2) is 4.79 Å². The molecule has 2 N–H and O–H groups in total. The molecule has 0 radical (unpaired) electrons. The topological polar surface area (TPSA) is 41.1 Å². The van der Waals surface area contributed by atoms with Crippen LogP contribution in [0.25, 0.3) is 0 Å². The largest absolute Gasteiger partial charge is 0.341 e. The van der Waals surface area contributed by atoms with Crippen molar-refractivity contribution in [1.82, 2.24) is 10.6 Å². The van der Waals surface area contributed by atoms with Crippen molar-refractivity contribution in [3.8, 4) is 0 Å². The lowest BCUT2D eigenvalue weighted by atomic mass is 10.2. The van der Waals surface area contributed by atoms with Crippen molar-refractivity contribution in [2.75, 3.05) is 19.3 Å². The molecule has 12 heavy (non-hydrogen) atoms. The minimum atomic E-state index is -0.0684. The third-order valence-corrected chi connectivity index (χ3v) is 3.39. The summed E-state index contributed by atoms with van der Waals surface area (Å²) in [5, 5.41) is 6.01. The second kappa shape index (κ2) is 5.30. The number of rotatable bonds is 2. The van der Waals surface area contributed by atoms with Crippen LogP contribution in [0.5, 0.6) is 0 Å². The summed E-state index contributed by atoms with van der Waals surface area (Å²) in [5.74, 6) is 1.25. The maximum Gasteiger partial charge on any atom is 0.314 e. The van der Waals surface area contributed by atoms with Gasteiger partial charge in [-0.3, -0.25) is 0 Å². The molecule has 70 valence electrons. The van der Waals surface area contributed by atoms with Gasteiger partial charge >= 0.3 is 6.03 Å². The first kappa shape index (κ1) is 9.71. The smallest absolute Gasteiger partial charge is 0.314 e. The van der Waals surface area contributed by atoms with Gasteiger partial charge in [0.15, 0.2) is 0 Å². The normalized spacial score (nSPS) is 23.2. The van der Waals surface area contributed by atoms with Crippen molar-refractivity contribution >= 4 is 17.8 Å². The van der Waals surface area contributed by atoms with Gasteiger partial charge in [-0.1, -0.05) is 6.42 Å². The molecule has 1 atom stereocenters. The Morgan fingerprint density at radius 2 is 2.42 bits per heavy atom. The van der Waals surface area contributed by atoms with Crippen LogP contribution in [0.1, 0.15) is 19.3 Å². The van der Waals surface area contributed by atoms with E-state index >= 15 is 0 Å². The highest BCUT2D eigenvalue weighted by Gasteiger charge is 2.13. The van der Waals surface area contributed by atoms with Gasteiger partial charge in [0.25, 0.3) is 0 Å². The molecule has 1 aliphatic rings. The molecule has 1 saturated heterocycles. The van der Waals surface area contributed by atoms with E-state index in [4.69, 9.17) is 0 Å². The van der Waals surface area contributed by atoms with Gasteiger partial charge in [-0.15, -0.1) is 0 Å². The van der Waals surface area contributed by atoms with Gasteiger partial charge in [-0.2, -0.15) is 11.8 Å². The Morgan fingerprint density at radius 3 is 3.00 bits per heavy atom. The first-order chi connectivity index (χ1) is 5.83. The summed E-state index contributed by atoms with van der Waals surface area (Å²) >= 11 is 1.97. The molecular weight excluding hydrogens is 172 g/mol. The summed E-state index contributed by atoms with van der Waals surface area (Å²) in [4.78, 5) is 10.8. The molecule has 1 heterocycles. The van der Waals surface area contributed by atoms with Gasteiger partial charge in [0.1, 0.15) is 0 Å². The van der Waals surface area contributed by atoms with E-state index in [0.29, 0.717) is 5.25 Å². The molecule has 0 bridgehead atoms. The van der Waals surface area contributed by atoms with Gasteiger partial charge in [0, 0.05) is 18.8 Å². The Kier molecular flexibility index (Phi) is 4.29. The van der Waals surface area contributed by atoms with Gasteiger partial charge in [0.2, 0.25) is 0 Å². The number of carbonyl (C=O) groups is 1. The number of nitrogens with one attached hydrogen (secondary N) is 2. The highest BCUT2D eigenvalue weighted by Crippen LogP contribution is 2.23. The Bertz CT molecular complexity index is 146. The molecule has 0 spiro atoms. The second-order valence-corrected chi connectivity index (χ2v) is 4.36. The summed E-state index contributed by atoms with van der Waals surface area (Å²) in [5.41, 5.74) is 0. The van der Waals surface area contributed by atoms with Crippen molar-refractivity contribution in [2.45, 2.75) is 24.5 Å². The van der Waals surface area contributed by atoms with Crippen molar-refractivity contribution in [3.05, 3.63) is 0 Å². The van der Waals surface area contributed by atoms with Gasteiger partial charge < -0.3 is 10.6 Å². The molecule has 0 aromatic heterocycles. The molecule has 4 heteroatoms. The SMILES string of the molecule is CNC(=O)NCC1CCCCS1. The molecule has 0 saturated carbocycles. The van der Waals surface area contributed by atoms with E-state index in [1.165, 1.54) is 25.0 Å². The van der Waals surface area contributed by atoms with E-state index in [0.717, 1.165) is 6.54 Å².